The van der Waals surface area contributed by atoms with Gasteiger partial charge in [0.15, 0.2) is 0 Å². The molecule has 1 heterocycles. The van der Waals surface area contributed by atoms with Crippen molar-refractivity contribution in [2.24, 2.45) is 0 Å². The van der Waals surface area contributed by atoms with Crippen LogP contribution in [0.15, 0.2) is 24.3 Å². The van der Waals surface area contributed by atoms with Gasteiger partial charge in [-0.15, -0.1) is 0 Å². The minimum Gasteiger partial charge on any atom is -0.337 e. The Kier molecular flexibility index (Phi) is 5.77. The number of rotatable bonds is 5. The number of benzene rings is 1. The van der Waals surface area contributed by atoms with Crippen molar-refractivity contribution >= 4 is 17.8 Å². The predicted molar refractivity (Wildman–Crippen MR) is 98.2 cm³/mol. The van der Waals surface area contributed by atoms with E-state index in [9.17, 15) is 18.8 Å². The Morgan fingerprint density at radius 3 is 2.56 bits per heavy atom. The maximum Gasteiger partial charge on any atom is 0.325 e. The summed E-state index contributed by atoms with van der Waals surface area (Å²) in [6.45, 7) is 2.18. The normalized spacial score (nSPS) is 19.1. The van der Waals surface area contributed by atoms with E-state index in [0.29, 0.717) is 24.9 Å². The van der Waals surface area contributed by atoms with Gasteiger partial charge in [-0.25, -0.2) is 9.18 Å². The molecule has 0 aromatic heterocycles. The first kappa shape index (κ1) is 19.3. The highest BCUT2D eigenvalue weighted by atomic mass is 19.1. The number of halogens is 1. The van der Waals surface area contributed by atoms with Crippen LogP contribution >= 0.6 is 0 Å². The molecule has 146 valence electrons. The second-order valence-electron chi connectivity index (χ2n) is 7.36. The molecule has 1 aromatic rings. The lowest BCUT2D eigenvalue weighted by atomic mass is 9.90. The Morgan fingerprint density at radius 2 is 1.93 bits per heavy atom. The van der Waals surface area contributed by atoms with Crippen LogP contribution in [0, 0.1) is 5.82 Å². The van der Waals surface area contributed by atoms with Crippen molar-refractivity contribution in [2.45, 2.75) is 57.5 Å². The Labute approximate surface area is 158 Å². The molecule has 0 unspecified atom stereocenters. The summed E-state index contributed by atoms with van der Waals surface area (Å²) in [6, 6.07) is 5.58. The third-order valence-electron chi connectivity index (χ3n) is 5.49. The van der Waals surface area contributed by atoms with Crippen molar-refractivity contribution < 1.29 is 18.8 Å². The number of carbonyl (C=O) groups excluding carboxylic acids is 3. The molecule has 0 atom stereocenters. The molecule has 1 spiro atoms. The van der Waals surface area contributed by atoms with Gasteiger partial charge in [0.25, 0.3) is 5.91 Å². The highest BCUT2D eigenvalue weighted by Gasteiger charge is 2.51. The second-order valence-corrected chi connectivity index (χ2v) is 7.36. The zero-order valence-electron chi connectivity index (χ0n) is 15.7. The summed E-state index contributed by atoms with van der Waals surface area (Å²) in [5, 5.41) is 2.85. The van der Waals surface area contributed by atoms with Crippen LogP contribution in [-0.2, 0) is 16.1 Å². The zero-order valence-corrected chi connectivity index (χ0v) is 15.7. The molecule has 0 radical (unpaired) electrons. The molecular weight excluding hydrogens is 349 g/mol. The van der Waals surface area contributed by atoms with Crippen molar-refractivity contribution in [3.8, 4) is 0 Å². The average Bonchev–Trinajstić information content (AvgIpc) is 2.81. The standard InChI is InChI=1S/C20H26FN3O3/c1-2-23(13-15-8-7-9-16(21)12-15)17(25)14-24-18(26)20(22-19(24)27)10-5-3-4-6-11-20/h7-9,12H,2-6,10-11,13-14H2,1H3,(H,22,27). The summed E-state index contributed by atoms with van der Waals surface area (Å²) < 4.78 is 13.4. The third-order valence-corrected chi connectivity index (χ3v) is 5.49. The van der Waals surface area contributed by atoms with E-state index in [0.717, 1.165) is 30.6 Å². The molecule has 2 aliphatic rings. The van der Waals surface area contributed by atoms with Crippen molar-refractivity contribution in [1.82, 2.24) is 15.1 Å². The van der Waals surface area contributed by atoms with Gasteiger partial charge in [-0.05, 0) is 37.5 Å². The lowest BCUT2D eigenvalue weighted by Gasteiger charge is -2.26. The van der Waals surface area contributed by atoms with E-state index in [1.165, 1.54) is 17.0 Å². The lowest BCUT2D eigenvalue weighted by Crippen LogP contribution is -2.47. The van der Waals surface area contributed by atoms with E-state index >= 15 is 0 Å². The number of nitrogens with zero attached hydrogens (tertiary/aromatic N) is 2. The Morgan fingerprint density at radius 1 is 1.22 bits per heavy atom. The van der Waals surface area contributed by atoms with Gasteiger partial charge in [-0.2, -0.15) is 0 Å². The van der Waals surface area contributed by atoms with Gasteiger partial charge in [-0.3, -0.25) is 14.5 Å². The van der Waals surface area contributed by atoms with Gasteiger partial charge in [0.2, 0.25) is 5.91 Å². The summed E-state index contributed by atoms with van der Waals surface area (Å²) in [5.74, 6) is -0.971. The summed E-state index contributed by atoms with van der Waals surface area (Å²) in [5.41, 5.74) is -0.171. The monoisotopic (exact) mass is 375 g/mol. The van der Waals surface area contributed by atoms with Gasteiger partial charge in [0, 0.05) is 13.1 Å². The fourth-order valence-corrected chi connectivity index (χ4v) is 3.96. The van der Waals surface area contributed by atoms with Crippen LogP contribution < -0.4 is 5.32 Å². The maximum atomic E-state index is 13.4. The molecular formula is C20H26FN3O3. The van der Waals surface area contributed by atoms with Gasteiger partial charge < -0.3 is 10.2 Å². The molecule has 7 heteroatoms. The van der Waals surface area contributed by atoms with Gasteiger partial charge >= 0.3 is 6.03 Å². The Hall–Kier alpha value is -2.44. The van der Waals surface area contributed by atoms with Gasteiger partial charge in [-0.1, -0.05) is 37.8 Å². The second kappa shape index (κ2) is 8.06. The number of urea groups is 1. The van der Waals surface area contributed by atoms with Gasteiger partial charge in [0.05, 0.1) is 0 Å². The molecule has 1 aromatic carbocycles. The van der Waals surface area contributed by atoms with Crippen LogP contribution in [-0.4, -0.2) is 46.3 Å². The predicted octanol–water partition coefficient (Wildman–Crippen LogP) is 2.82. The molecule has 27 heavy (non-hydrogen) atoms. The zero-order chi connectivity index (χ0) is 19.4. The molecule has 1 saturated heterocycles. The summed E-state index contributed by atoms with van der Waals surface area (Å²) in [7, 11) is 0. The fraction of sp³-hybridized carbons (Fsp3) is 0.550. The molecule has 3 rings (SSSR count). The SMILES string of the molecule is CCN(Cc1cccc(F)c1)C(=O)CN1C(=O)NC2(CCCCCC2)C1=O. The largest absolute Gasteiger partial charge is 0.337 e. The van der Waals surface area contributed by atoms with Crippen molar-refractivity contribution in [1.29, 1.82) is 0 Å². The minimum absolute atomic E-state index is 0.238. The number of nitrogens with one attached hydrogen (secondary N) is 1. The molecule has 1 saturated carbocycles. The number of hydrogen-bond acceptors (Lipinski definition) is 3. The first-order valence-electron chi connectivity index (χ1n) is 9.61. The highest BCUT2D eigenvalue weighted by molar-refractivity contribution is 6.09. The first-order chi connectivity index (χ1) is 12.9. The summed E-state index contributed by atoms with van der Waals surface area (Å²) >= 11 is 0. The molecule has 1 aliphatic heterocycles. The smallest absolute Gasteiger partial charge is 0.325 e. The van der Waals surface area contributed by atoms with Crippen molar-refractivity contribution in [3.05, 3.63) is 35.6 Å². The molecule has 6 nitrogen and oxygen atoms in total. The average molecular weight is 375 g/mol. The third kappa shape index (κ3) is 4.12. The highest BCUT2D eigenvalue weighted by Crippen LogP contribution is 2.32. The van der Waals surface area contributed by atoms with Gasteiger partial charge in [0.1, 0.15) is 17.9 Å². The molecule has 1 N–H and O–H groups in total. The number of hydrogen-bond donors (Lipinski definition) is 1. The summed E-state index contributed by atoms with van der Waals surface area (Å²) in [6.07, 6.45) is 5.16. The summed E-state index contributed by atoms with van der Waals surface area (Å²) in [4.78, 5) is 40.6. The van der Waals surface area contributed by atoms with E-state index < -0.39 is 11.6 Å². The van der Waals surface area contributed by atoms with E-state index in [2.05, 4.69) is 5.32 Å². The Bertz CT molecular complexity index is 729. The van der Waals surface area contributed by atoms with E-state index in [1.807, 2.05) is 6.92 Å². The van der Waals surface area contributed by atoms with E-state index in [1.54, 1.807) is 12.1 Å². The first-order valence-corrected chi connectivity index (χ1v) is 9.61. The Balaban J connectivity index is 1.68. The topological polar surface area (TPSA) is 69.7 Å². The van der Waals surface area contributed by atoms with Crippen LogP contribution in [0.3, 0.4) is 0 Å². The molecule has 2 fully saturated rings. The molecule has 4 amide bonds. The molecule has 0 bridgehead atoms. The van der Waals surface area contributed by atoms with Crippen LogP contribution in [0.4, 0.5) is 9.18 Å². The number of likely N-dealkylation sites (N-methyl/N-ethyl adjacent to an activating group) is 1. The minimum atomic E-state index is -0.840. The number of carbonyl (C=O) groups is 3. The lowest BCUT2D eigenvalue weighted by molar-refractivity contribution is -0.139. The van der Waals surface area contributed by atoms with Crippen LogP contribution in [0.25, 0.3) is 0 Å². The number of amides is 4. The van der Waals surface area contributed by atoms with E-state index in [-0.39, 0.29) is 30.7 Å². The molecule has 1 aliphatic carbocycles. The van der Waals surface area contributed by atoms with Crippen LogP contribution in [0.1, 0.15) is 51.0 Å². The maximum absolute atomic E-state index is 13.4. The van der Waals surface area contributed by atoms with E-state index in [4.69, 9.17) is 0 Å². The van der Waals surface area contributed by atoms with Crippen LogP contribution in [0.2, 0.25) is 0 Å². The fourth-order valence-electron chi connectivity index (χ4n) is 3.96. The van der Waals surface area contributed by atoms with Crippen molar-refractivity contribution in [2.75, 3.05) is 13.1 Å². The van der Waals surface area contributed by atoms with Crippen molar-refractivity contribution in [3.63, 3.8) is 0 Å². The number of imide groups is 1. The van der Waals surface area contributed by atoms with Crippen LogP contribution in [0.5, 0.6) is 0 Å². The quantitative estimate of drug-likeness (QED) is 0.805.